The summed E-state index contributed by atoms with van der Waals surface area (Å²) in [5, 5.41) is 5.97. The van der Waals surface area contributed by atoms with Gasteiger partial charge < -0.3 is 20.4 Å². The summed E-state index contributed by atoms with van der Waals surface area (Å²) in [5.41, 5.74) is 2.76. The maximum Gasteiger partial charge on any atom is 0.255 e. The van der Waals surface area contributed by atoms with Gasteiger partial charge in [0, 0.05) is 42.0 Å². The highest BCUT2D eigenvalue weighted by molar-refractivity contribution is 6.06. The van der Waals surface area contributed by atoms with Gasteiger partial charge in [-0.3, -0.25) is 9.59 Å². The monoisotopic (exact) mass is 423 g/mol. The van der Waals surface area contributed by atoms with Crippen LogP contribution in [0.15, 0.2) is 54.7 Å². The van der Waals surface area contributed by atoms with Crippen molar-refractivity contribution < 1.29 is 18.7 Å². The number of ether oxygens (including phenoxy) is 1. The normalized spacial score (nSPS) is 23.5. The fourth-order valence-electron chi connectivity index (χ4n) is 4.12. The van der Waals surface area contributed by atoms with Crippen LogP contribution in [0.2, 0.25) is 0 Å². The maximum atomic E-state index is 15.9. The Bertz CT molecular complexity index is 1090. The number of hydrogen-bond donors (Lipinski definition) is 3. The summed E-state index contributed by atoms with van der Waals surface area (Å²) in [6.07, 6.45) is 1.80. The molecule has 4 rings (SSSR count). The molecular weight excluding hydrogens is 397 g/mol. The topological polar surface area (TPSA) is 83.2 Å². The number of alkyl halides is 1. The zero-order valence-electron chi connectivity index (χ0n) is 17.6. The molecule has 3 unspecified atom stereocenters. The lowest BCUT2D eigenvalue weighted by Gasteiger charge is -2.41. The van der Waals surface area contributed by atoms with Gasteiger partial charge in [0.2, 0.25) is 0 Å². The third kappa shape index (κ3) is 4.18. The zero-order chi connectivity index (χ0) is 22.0. The molecule has 2 aromatic carbocycles. The van der Waals surface area contributed by atoms with E-state index in [1.165, 1.54) is 0 Å². The Hall–Kier alpha value is -3.19. The summed E-state index contributed by atoms with van der Waals surface area (Å²) in [6.45, 7) is 1.98. The van der Waals surface area contributed by atoms with E-state index in [9.17, 15) is 9.59 Å². The molecule has 1 fully saturated rings. The molecule has 31 heavy (non-hydrogen) atoms. The molecule has 0 aliphatic carbocycles. The van der Waals surface area contributed by atoms with E-state index >= 15 is 4.39 Å². The van der Waals surface area contributed by atoms with Gasteiger partial charge in [0.05, 0.1) is 18.3 Å². The lowest BCUT2D eigenvalue weighted by atomic mass is 9.85. The smallest absolute Gasteiger partial charge is 0.255 e. The third-order valence-corrected chi connectivity index (χ3v) is 6.11. The number of H-pyrrole nitrogens is 1. The Kier molecular flexibility index (Phi) is 5.78. The van der Waals surface area contributed by atoms with Crippen LogP contribution in [0.4, 0.5) is 4.39 Å². The second kappa shape index (κ2) is 8.51. The largest absolute Gasteiger partial charge is 0.377 e. The summed E-state index contributed by atoms with van der Waals surface area (Å²) >= 11 is 0. The second-order valence-electron chi connectivity index (χ2n) is 7.99. The molecule has 1 aliphatic heterocycles. The number of carbonyl (C=O) groups excluding carboxylic acids is 2. The molecule has 0 saturated carbocycles. The van der Waals surface area contributed by atoms with Crippen LogP contribution in [0.25, 0.3) is 10.9 Å². The van der Waals surface area contributed by atoms with Crippen molar-refractivity contribution in [3.63, 3.8) is 0 Å². The predicted molar refractivity (Wildman–Crippen MR) is 117 cm³/mol. The second-order valence-corrected chi connectivity index (χ2v) is 7.99. The Morgan fingerprint density at radius 3 is 2.65 bits per heavy atom. The molecular formula is C24H26FN3O3. The number of aromatic nitrogens is 1. The predicted octanol–water partition coefficient (Wildman–Crippen LogP) is 3.59. The molecule has 1 aliphatic rings. The van der Waals surface area contributed by atoms with E-state index in [-0.39, 0.29) is 18.9 Å². The van der Waals surface area contributed by atoms with Gasteiger partial charge in [-0.2, -0.15) is 0 Å². The van der Waals surface area contributed by atoms with Crippen molar-refractivity contribution in [3.8, 4) is 0 Å². The van der Waals surface area contributed by atoms with Gasteiger partial charge >= 0.3 is 0 Å². The van der Waals surface area contributed by atoms with Gasteiger partial charge in [0.25, 0.3) is 11.8 Å². The van der Waals surface area contributed by atoms with Crippen LogP contribution in [0.5, 0.6) is 0 Å². The van der Waals surface area contributed by atoms with Gasteiger partial charge in [-0.05, 0) is 30.2 Å². The maximum absolute atomic E-state index is 15.9. The summed E-state index contributed by atoms with van der Waals surface area (Å²) in [4.78, 5) is 27.6. The van der Waals surface area contributed by atoms with E-state index < -0.39 is 23.7 Å². The quantitative estimate of drug-likeness (QED) is 0.549. The first-order valence-electron chi connectivity index (χ1n) is 10.4. The Morgan fingerprint density at radius 2 is 1.90 bits per heavy atom. The van der Waals surface area contributed by atoms with Gasteiger partial charge in [-0.1, -0.05) is 37.3 Å². The Labute approximate surface area is 180 Å². The highest BCUT2D eigenvalue weighted by Gasteiger charge is 2.45. The minimum atomic E-state index is -1.87. The van der Waals surface area contributed by atoms with E-state index in [0.717, 1.165) is 16.5 Å². The first kappa shape index (κ1) is 21.1. The standard InChI is InChI=1S/C24H26FN3O3/c1-15-21(13-16-7-9-17(10-8-16)22(29)26-2)31-12-11-24(15,25)28-23(30)19-14-27-20-6-4-3-5-18(19)20/h3-10,14-15,21,27H,11-13H2,1-2H3,(H,26,29)(H,28,30). The van der Waals surface area contributed by atoms with Crippen molar-refractivity contribution in [2.75, 3.05) is 13.7 Å². The van der Waals surface area contributed by atoms with Crippen LogP contribution in [0.1, 0.15) is 39.6 Å². The van der Waals surface area contributed by atoms with Crippen LogP contribution >= 0.6 is 0 Å². The molecule has 0 spiro atoms. The van der Waals surface area contributed by atoms with Crippen molar-refractivity contribution >= 4 is 22.7 Å². The summed E-state index contributed by atoms with van der Waals surface area (Å²) in [6, 6.07) is 14.6. The SMILES string of the molecule is CNC(=O)c1ccc(CC2OCCC(F)(NC(=O)c3c[nH]c4ccccc34)C2C)cc1. The minimum Gasteiger partial charge on any atom is -0.377 e. The molecule has 1 saturated heterocycles. The first-order valence-corrected chi connectivity index (χ1v) is 10.4. The number of para-hydroxylation sites is 1. The number of fused-ring (bicyclic) bond motifs is 1. The molecule has 6 nitrogen and oxygen atoms in total. The molecule has 7 heteroatoms. The van der Waals surface area contributed by atoms with E-state index in [0.29, 0.717) is 17.5 Å². The van der Waals surface area contributed by atoms with Crippen LogP contribution in [-0.2, 0) is 11.2 Å². The highest BCUT2D eigenvalue weighted by atomic mass is 19.1. The number of benzene rings is 2. The van der Waals surface area contributed by atoms with E-state index in [2.05, 4.69) is 15.6 Å². The third-order valence-electron chi connectivity index (χ3n) is 6.11. The van der Waals surface area contributed by atoms with Crippen molar-refractivity contribution in [1.29, 1.82) is 0 Å². The number of carbonyl (C=O) groups is 2. The van der Waals surface area contributed by atoms with Crippen molar-refractivity contribution in [3.05, 3.63) is 71.4 Å². The van der Waals surface area contributed by atoms with Gasteiger partial charge in [0.15, 0.2) is 5.79 Å². The van der Waals surface area contributed by atoms with E-state index in [1.54, 1.807) is 32.3 Å². The van der Waals surface area contributed by atoms with E-state index in [4.69, 9.17) is 4.74 Å². The van der Waals surface area contributed by atoms with Crippen molar-refractivity contribution in [1.82, 2.24) is 15.6 Å². The molecule has 3 N–H and O–H groups in total. The number of aromatic amines is 1. The number of rotatable bonds is 5. The number of halogens is 1. The number of nitrogens with one attached hydrogen (secondary N) is 3. The molecule has 2 amide bonds. The molecule has 2 heterocycles. The highest BCUT2D eigenvalue weighted by Crippen LogP contribution is 2.34. The van der Waals surface area contributed by atoms with Crippen LogP contribution in [0.3, 0.4) is 0 Å². The van der Waals surface area contributed by atoms with Crippen molar-refractivity contribution in [2.45, 2.75) is 31.7 Å². The number of hydrogen-bond acceptors (Lipinski definition) is 3. The van der Waals surface area contributed by atoms with Gasteiger partial charge in [-0.25, -0.2) is 4.39 Å². The molecule has 0 bridgehead atoms. The molecule has 1 aromatic heterocycles. The number of amides is 2. The lowest BCUT2D eigenvalue weighted by molar-refractivity contribution is -0.117. The molecule has 3 aromatic rings. The fraction of sp³-hybridized carbons (Fsp3) is 0.333. The lowest BCUT2D eigenvalue weighted by Crippen LogP contribution is -2.57. The van der Waals surface area contributed by atoms with Gasteiger partial charge in [0.1, 0.15) is 0 Å². The molecule has 162 valence electrons. The Morgan fingerprint density at radius 1 is 1.16 bits per heavy atom. The zero-order valence-corrected chi connectivity index (χ0v) is 17.6. The minimum absolute atomic E-state index is 0.0916. The summed E-state index contributed by atoms with van der Waals surface area (Å²) < 4.78 is 21.8. The van der Waals surface area contributed by atoms with E-state index in [1.807, 2.05) is 36.4 Å². The average Bonchev–Trinajstić information content (AvgIpc) is 3.21. The first-order chi connectivity index (χ1) is 14.9. The fourth-order valence-corrected chi connectivity index (χ4v) is 4.12. The summed E-state index contributed by atoms with van der Waals surface area (Å²) in [7, 11) is 1.58. The average molecular weight is 423 g/mol. The summed E-state index contributed by atoms with van der Waals surface area (Å²) in [5.74, 6) is -3.02. The molecule has 3 atom stereocenters. The van der Waals surface area contributed by atoms with Crippen LogP contribution in [-0.4, -0.2) is 42.3 Å². The van der Waals surface area contributed by atoms with Crippen LogP contribution in [0, 0.1) is 5.92 Å². The molecule has 0 radical (unpaired) electrons. The van der Waals surface area contributed by atoms with Gasteiger partial charge in [-0.15, -0.1) is 0 Å². The van der Waals surface area contributed by atoms with Crippen LogP contribution < -0.4 is 10.6 Å². The Balaban J connectivity index is 1.47. The van der Waals surface area contributed by atoms with Crippen molar-refractivity contribution in [2.24, 2.45) is 5.92 Å².